The van der Waals surface area contributed by atoms with Crippen LogP contribution in [0.15, 0.2) is 60.8 Å². The summed E-state index contributed by atoms with van der Waals surface area (Å²) in [7, 11) is 0. The quantitative estimate of drug-likeness (QED) is 0.203. The minimum atomic E-state index is -0.530. The molecule has 5 rings (SSSR count). The molecule has 0 aliphatic heterocycles. The molecule has 10 heteroatoms. The second kappa shape index (κ2) is 9.20. The third-order valence-corrected chi connectivity index (χ3v) is 6.57. The van der Waals surface area contributed by atoms with E-state index in [0.717, 1.165) is 56.3 Å². The van der Waals surface area contributed by atoms with E-state index >= 15 is 0 Å². The maximum Gasteiger partial charge on any atom is 0.345 e. The Morgan fingerprint density at radius 1 is 1.18 bits per heavy atom. The SMILES string of the molecule is O=C(CCCc1c(-c2ccc3ccccc3n2)[nH]c2ccc(Cl)cc12)Nc1ncc([N+](=O)[O-])s1. The van der Waals surface area contributed by atoms with Gasteiger partial charge in [0, 0.05) is 27.7 Å². The molecular weight excluding hydrogens is 474 g/mol. The second-order valence-corrected chi connectivity index (χ2v) is 9.17. The number of carbonyl (C=O) groups excluding carboxylic acids is 1. The van der Waals surface area contributed by atoms with Gasteiger partial charge in [0.05, 0.1) is 21.8 Å². The summed E-state index contributed by atoms with van der Waals surface area (Å²) in [5, 5.41) is 16.2. The van der Waals surface area contributed by atoms with E-state index in [1.807, 2.05) is 54.6 Å². The van der Waals surface area contributed by atoms with Gasteiger partial charge < -0.3 is 10.3 Å². The molecule has 0 spiro atoms. The van der Waals surface area contributed by atoms with Crippen LogP contribution < -0.4 is 5.32 Å². The van der Waals surface area contributed by atoms with Gasteiger partial charge in [0.15, 0.2) is 5.13 Å². The van der Waals surface area contributed by atoms with E-state index in [1.165, 1.54) is 0 Å². The summed E-state index contributed by atoms with van der Waals surface area (Å²) >= 11 is 7.11. The number of H-pyrrole nitrogens is 1. The predicted octanol–water partition coefficient (Wildman–Crippen LogP) is 6.36. The van der Waals surface area contributed by atoms with Gasteiger partial charge in [0.25, 0.3) is 0 Å². The van der Waals surface area contributed by atoms with Crippen molar-refractivity contribution in [1.29, 1.82) is 0 Å². The largest absolute Gasteiger partial charge is 0.353 e. The van der Waals surface area contributed by atoms with Crippen molar-refractivity contribution in [1.82, 2.24) is 15.0 Å². The molecule has 1 amide bonds. The molecule has 8 nitrogen and oxygen atoms in total. The molecule has 2 N–H and O–H groups in total. The number of hydrogen-bond acceptors (Lipinski definition) is 6. The van der Waals surface area contributed by atoms with Crippen molar-refractivity contribution < 1.29 is 9.72 Å². The van der Waals surface area contributed by atoms with E-state index in [9.17, 15) is 14.9 Å². The Morgan fingerprint density at radius 3 is 2.85 bits per heavy atom. The van der Waals surface area contributed by atoms with Crippen LogP contribution in [0.1, 0.15) is 18.4 Å². The standard InChI is InChI=1S/C24H18ClN5O3S/c25-15-9-11-19-17(12-15)16(5-3-7-21(31)29-24-26-13-22(34-24)30(32)33)23(28-19)20-10-8-14-4-1-2-6-18(14)27-20/h1-2,4,6,8-13,28H,3,5,7H2,(H,26,29,31). The van der Waals surface area contributed by atoms with Gasteiger partial charge in [-0.3, -0.25) is 14.9 Å². The zero-order chi connectivity index (χ0) is 23.7. The molecule has 0 aliphatic rings. The van der Waals surface area contributed by atoms with E-state index in [2.05, 4.69) is 15.3 Å². The van der Waals surface area contributed by atoms with Crippen LogP contribution in [-0.4, -0.2) is 25.8 Å². The summed E-state index contributed by atoms with van der Waals surface area (Å²) in [5.74, 6) is -0.243. The lowest BCUT2D eigenvalue weighted by atomic mass is 10.0. The smallest absolute Gasteiger partial charge is 0.345 e. The van der Waals surface area contributed by atoms with Gasteiger partial charge >= 0.3 is 5.00 Å². The van der Waals surface area contributed by atoms with Gasteiger partial charge in [-0.1, -0.05) is 35.9 Å². The van der Waals surface area contributed by atoms with Crippen LogP contribution >= 0.6 is 22.9 Å². The number of benzene rings is 2. The minimum absolute atomic E-state index is 0.113. The molecule has 3 aromatic heterocycles. The number of aryl methyl sites for hydroxylation is 1. The first kappa shape index (κ1) is 22.0. The number of amides is 1. The molecule has 3 heterocycles. The Balaban J connectivity index is 1.38. The molecular formula is C24H18ClN5O3S. The number of fused-ring (bicyclic) bond motifs is 2. The van der Waals surface area contributed by atoms with E-state index in [-0.39, 0.29) is 22.5 Å². The van der Waals surface area contributed by atoms with Crippen molar-refractivity contribution in [3.63, 3.8) is 0 Å². The van der Waals surface area contributed by atoms with Gasteiger partial charge in [-0.05, 0) is 60.1 Å². The monoisotopic (exact) mass is 491 g/mol. The molecule has 0 fully saturated rings. The summed E-state index contributed by atoms with van der Waals surface area (Å²) in [6.45, 7) is 0. The number of nitro groups is 1. The summed E-state index contributed by atoms with van der Waals surface area (Å²) in [6.07, 6.45) is 2.57. The number of para-hydroxylation sites is 1. The van der Waals surface area contributed by atoms with Crippen LogP contribution in [0.5, 0.6) is 0 Å². The summed E-state index contributed by atoms with van der Waals surface area (Å²) in [5.41, 5.74) is 4.61. The fourth-order valence-electron chi connectivity index (χ4n) is 3.92. The van der Waals surface area contributed by atoms with E-state index in [4.69, 9.17) is 16.6 Å². The highest BCUT2D eigenvalue weighted by molar-refractivity contribution is 7.18. The van der Waals surface area contributed by atoms with Crippen molar-refractivity contribution in [2.75, 3.05) is 5.32 Å². The van der Waals surface area contributed by atoms with Gasteiger partial charge in [0.2, 0.25) is 5.91 Å². The highest BCUT2D eigenvalue weighted by Crippen LogP contribution is 2.33. The average molecular weight is 492 g/mol. The number of carbonyl (C=O) groups is 1. The van der Waals surface area contributed by atoms with Crippen LogP contribution in [0.4, 0.5) is 10.1 Å². The van der Waals surface area contributed by atoms with Crippen LogP contribution in [0, 0.1) is 10.1 Å². The third kappa shape index (κ3) is 4.48. The molecule has 5 aromatic rings. The maximum absolute atomic E-state index is 12.4. The van der Waals surface area contributed by atoms with E-state index < -0.39 is 4.92 Å². The molecule has 0 saturated heterocycles. The molecule has 0 radical (unpaired) electrons. The van der Waals surface area contributed by atoms with Gasteiger partial charge in [-0.2, -0.15) is 0 Å². The number of aromatic amines is 1. The first-order chi connectivity index (χ1) is 16.5. The molecule has 0 aliphatic carbocycles. The maximum atomic E-state index is 12.4. The summed E-state index contributed by atoms with van der Waals surface area (Å²) < 4.78 is 0. The van der Waals surface area contributed by atoms with Crippen molar-refractivity contribution in [3.05, 3.63) is 81.5 Å². The average Bonchev–Trinajstić information content (AvgIpc) is 3.44. The minimum Gasteiger partial charge on any atom is -0.353 e. The number of nitrogens with zero attached hydrogens (tertiary/aromatic N) is 3. The number of pyridine rings is 1. The number of thiazole rings is 1. The Bertz CT molecular complexity index is 1540. The summed E-state index contributed by atoms with van der Waals surface area (Å²) in [6, 6.07) is 17.7. The van der Waals surface area contributed by atoms with Crippen LogP contribution in [-0.2, 0) is 11.2 Å². The zero-order valence-electron chi connectivity index (χ0n) is 17.7. The number of nitrogens with one attached hydrogen (secondary N) is 2. The molecule has 2 aromatic carbocycles. The van der Waals surface area contributed by atoms with Crippen molar-refractivity contribution in [3.8, 4) is 11.4 Å². The molecule has 0 unspecified atom stereocenters. The Hall–Kier alpha value is -3.82. The van der Waals surface area contributed by atoms with Crippen molar-refractivity contribution in [2.45, 2.75) is 19.3 Å². The third-order valence-electron chi connectivity index (χ3n) is 5.47. The fourth-order valence-corrected chi connectivity index (χ4v) is 4.74. The first-order valence-electron chi connectivity index (χ1n) is 10.5. The van der Waals surface area contributed by atoms with Crippen molar-refractivity contribution in [2.24, 2.45) is 0 Å². The summed E-state index contributed by atoms with van der Waals surface area (Å²) in [4.78, 5) is 34.8. The van der Waals surface area contributed by atoms with Crippen molar-refractivity contribution >= 4 is 60.8 Å². The Kier molecular flexibility index (Phi) is 5.95. The molecule has 0 bridgehead atoms. The number of aromatic nitrogens is 3. The van der Waals surface area contributed by atoms with Crippen LogP contribution in [0.2, 0.25) is 5.02 Å². The lowest BCUT2D eigenvalue weighted by Gasteiger charge is -2.07. The first-order valence-corrected chi connectivity index (χ1v) is 11.7. The second-order valence-electron chi connectivity index (χ2n) is 7.72. The number of anilines is 1. The van der Waals surface area contributed by atoms with Gasteiger partial charge in [0.1, 0.15) is 6.20 Å². The van der Waals surface area contributed by atoms with Crippen LogP contribution in [0.3, 0.4) is 0 Å². The lowest BCUT2D eigenvalue weighted by molar-refractivity contribution is -0.380. The Morgan fingerprint density at radius 2 is 2.03 bits per heavy atom. The number of halogens is 1. The zero-order valence-corrected chi connectivity index (χ0v) is 19.3. The lowest BCUT2D eigenvalue weighted by Crippen LogP contribution is -2.11. The number of rotatable bonds is 7. The van der Waals surface area contributed by atoms with E-state index in [0.29, 0.717) is 17.9 Å². The Labute approximate surface area is 202 Å². The molecule has 34 heavy (non-hydrogen) atoms. The highest BCUT2D eigenvalue weighted by atomic mass is 35.5. The fraction of sp³-hybridized carbons (Fsp3) is 0.125. The van der Waals surface area contributed by atoms with Gasteiger partial charge in [-0.25, -0.2) is 9.97 Å². The molecule has 0 atom stereocenters. The normalized spacial score (nSPS) is 11.2. The van der Waals surface area contributed by atoms with E-state index in [1.54, 1.807) is 0 Å². The molecule has 170 valence electrons. The van der Waals surface area contributed by atoms with Crippen LogP contribution in [0.25, 0.3) is 33.2 Å². The topological polar surface area (TPSA) is 114 Å². The molecule has 0 saturated carbocycles. The number of hydrogen-bond donors (Lipinski definition) is 2. The van der Waals surface area contributed by atoms with Gasteiger partial charge in [-0.15, -0.1) is 0 Å². The predicted molar refractivity (Wildman–Crippen MR) is 134 cm³/mol. The highest BCUT2D eigenvalue weighted by Gasteiger charge is 2.17.